The minimum absolute atomic E-state index is 0.212. The summed E-state index contributed by atoms with van der Waals surface area (Å²) in [4.78, 5) is 10.8. The van der Waals surface area contributed by atoms with Gasteiger partial charge >= 0.3 is 5.97 Å². The minimum Gasteiger partial charge on any atom is -0.496 e. The smallest absolute Gasteiger partial charge is 0.374 e. The van der Waals surface area contributed by atoms with Crippen molar-refractivity contribution in [1.29, 1.82) is 0 Å². The number of hydrogen-bond donors (Lipinski definition) is 1. The van der Waals surface area contributed by atoms with Crippen LogP contribution in [0, 0.1) is 0 Å². The fourth-order valence-corrected chi connectivity index (χ4v) is 2.07. The van der Waals surface area contributed by atoms with Gasteiger partial charge in [-0.3, -0.25) is 0 Å². The van der Waals surface area contributed by atoms with Crippen molar-refractivity contribution in [3.8, 4) is 22.8 Å². The van der Waals surface area contributed by atoms with Gasteiger partial charge in [0.2, 0.25) is 5.76 Å². The number of carboxylic acids is 1. The molecule has 0 aliphatic rings. The summed E-state index contributed by atoms with van der Waals surface area (Å²) in [5.41, 5.74) is 1.98. The second kappa shape index (κ2) is 5.64. The highest BCUT2D eigenvalue weighted by atomic mass is 16.5. The molecule has 0 fully saturated rings. The molecule has 1 N–H and O–H groups in total. The third-order valence-electron chi connectivity index (χ3n) is 2.99. The summed E-state index contributed by atoms with van der Waals surface area (Å²) in [6.45, 7) is 1.98. The molecule has 0 unspecified atom stereocenters. The van der Waals surface area contributed by atoms with Gasteiger partial charge in [-0.15, -0.1) is 0 Å². The Balaban J connectivity index is 2.58. The van der Waals surface area contributed by atoms with Crippen molar-refractivity contribution in [1.82, 2.24) is 5.16 Å². The van der Waals surface area contributed by atoms with Crippen molar-refractivity contribution >= 4 is 5.97 Å². The molecule has 0 amide bonds. The SMILES string of the molecule is CCc1c(OC)ccc(-c2cc(C(=O)O)on2)c1OC. The lowest BCUT2D eigenvalue weighted by Gasteiger charge is -2.14. The third-order valence-corrected chi connectivity index (χ3v) is 2.99. The van der Waals surface area contributed by atoms with Crippen molar-refractivity contribution in [3.05, 3.63) is 29.5 Å². The molecule has 0 bridgehead atoms. The number of benzene rings is 1. The fourth-order valence-electron chi connectivity index (χ4n) is 2.07. The van der Waals surface area contributed by atoms with Crippen LogP contribution in [0.25, 0.3) is 11.3 Å². The minimum atomic E-state index is -1.16. The van der Waals surface area contributed by atoms with E-state index in [1.807, 2.05) is 6.92 Å². The number of hydrogen-bond acceptors (Lipinski definition) is 5. The molecule has 106 valence electrons. The highest BCUT2D eigenvalue weighted by Crippen LogP contribution is 2.38. The van der Waals surface area contributed by atoms with Crippen LogP contribution in [0.1, 0.15) is 23.0 Å². The summed E-state index contributed by atoms with van der Waals surface area (Å²) in [5.74, 6) is -0.0463. The molecule has 0 aliphatic carbocycles. The molecular formula is C14H15NO5. The normalized spacial score (nSPS) is 10.3. The lowest BCUT2D eigenvalue weighted by molar-refractivity contribution is 0.0652. The van der Waals surface area contributed by atoms with Crippen molar-refractivity contribution < 1.29 is 23.9 Å². The second-order valence-corrected chi connectivity index (χ2v) is 4.06. The number of carbonyl (C=O) groups is 1. The van der Waals surface area contributed by atoms with Crippen LogP contribution in [-0.2, 0) is 6.42 Å². The van der Waals surface area contributed by atoms with Crippen LogP contribution in [0.3, 0.4) is 0 Å². The summed E-state index contributed by atoms with van der Waals surface area (Å²) in [5, 5.41) is 12.6. The average Bonchev–Trinajstić information content (AvgIpc) is 2.95. The molecule has 6 heteroatoms. The maximum Gasteiger partial charge on any atom is 0.374 e. The van der Waals surface area contributed by atoms with Crippen molar-refractivity contribution in [3.63, 3.8) is 0 Å². The van der Waals surface area contributed by atoms with Gasteiger partial charge in [0.05, 0.1) is 14.2 Å². The Labute approximate surface area is 115 Å². The maximum absolute atomic E-state index is 10.8. The van der Waals surface area contributed by atoms with E-state index in [1.165, 1.54) is 6.07 Å². The Hall–Kier alpha value is -2.50. The maximum atomic E-state index is 10.8. The predicted molar refractivity (Wildman–Crippen MR) is 71.4 cm³/mol. The summed E-state index contributed by atoms with van der Waals surface area (Å²) in [7, 11) is 3.14. The monoisotopic (exact) mass is 277 g/mol. The first-order valence-electron chi connectivity index (χ1n) is 6.06. The van der Waals surface area contributed by atoms with Crippen LogP contribution >= 0.6 is 0 Å². The number of aromatic carboxylic acids is 1. The second-order valence-electron chi connectivity index (χ2n) is 4.06. The van der Waals surface area contributed by atoms with Crippen LogP contribution in [0.5, 0.6) is 11.5 Å². The molecule has 6 nitrogen and oxygen atoms in total. The number of aromatic nitrogens is 1. The van der Waals surface area contributed by atoms with E-state index in [0.717, 1.165) is 11.3 Å². The number of ether oxygens (including phenoxy) is 2. The van der Waals surface area contributed by atoms with Crippen LogP contribution in [0.2, 0.25) is 0 Å². The summed E-state index contributed by atoms with van der Waals surface area (Å²) in [6.07, 6.45) is 0.712. The van der Waals surface area contributed by atoms with Crippen molar-refractivity contribution in [2.75, 3.05) is 14.2 Å². The molecule has 1 aromatic heterocycles. The molecule has 0 aliphatic heterocycles. The lowest BCUT2D eigenvalue weighted by atomic mass is 10.0. The summed E-state index contributed by atoms with van der Waals surface area (Å²) in [6, 6.07) is 4.93. The van der Waals surface area contributed by atoms with Crippen LogP contribution < -0.4 is 9.47 Å². The van der Waals surface area contributed by atoms with E-state index >= 15 is 0 Å². The van der Waals surface area contributed by atoms with E-state index in [2.05, 4.69) is 5.16 Å². The van der Waals surface area contributed by atoms with E-state index in [4.69, 9.17) is 19.1 Å². The van der Waals surface area contributed by atoms with Crippen molar-refractivity contribution in [2.45, 2.75) is 13.3 Å². The van der Waals surface area contributed by atoms with Gasteiger partial charge in [0.15, 0.2) is 0 Å². The summed E-state index contributed by atoms with van der Waals surface area (Å²) < 4.78 is 15.5. The topological polar surface area (TPSA) is 81.8 Å². The van der Waals surface area contributed by atoms with E-state index in [1.54, 1.807) is 26.4 Å². The third kappa shape index (κ3) is 2.32. The standard InChI is InChI=1S/C14H15NO5/c1-4-8-11(18-2)6-5-9(13(8)19-3)10-7-12(14(16)17)20-15-10/h5-7H,4H2,1-3H3,(H,16,17). The molecule has 0 atom stereocenters. The first-order valence-corrected chi connectivity index (χ1v) is 6.06. The first kappa shape index (κ1) is 13.9. The molecule has 1 aromatic carbocycles. The molecule has 0 saturated heterocycles. The fraction of sp³-hybridized carbons (Fsp3) is 0.286. The number of nitrogens with zero attached hydrogens (tertiary/aromatic N) is 1. The van der Waals surface area contributed by atoms with Gasteiger partial charge in [-0.05, 0) is 18.6 Å². The summed E-state index contributed by atoms with van der Waals surface area (Å²) >= 11 is 0. The molecule has 20 heavy (non-hydrogen) atoms. The van der Waals surface area contributed by atoms with E-state index < -0.39 is 5.97 Å². The number of methoxy groups -OCH3 is 2. The molecule has 0 saturated carbocycles. The van der Waals surface area contributed by atoms with Gasteiger partial charge in [0.25, 0.3) is 0 Å². The van der Waals surface area contributed by atoms with E-state index in [9.17, 15) is 4.79 Å². The Kier molecular flexibility index (Phi) is 3.93. The largest absolute Gasteiger partial charge is 0.496 e. The van der Waals surface area contributed by atoms with Gasteiger partial charge in [0.1, 0.15) is 17.2 Å². The van der Waals surface area contributed by atoms with Gasteiger partial charge in [0, 0.05) is 17.2 Å². The molecule has 2 rings (SSSR count). The zero-order valence-electron chi connectivity index (χ0n) is 11.5. The molecule has 0 spiro atoms. The van der Waals surface area contributed by atoms with Gasteiger partial charge in [-0.25, -0.2) is 4.79 Å². The molecular weight excluding hydrogens is 262 g/mol. The zero-order valence-corrected chi connectivity index (χ0v) is 11.5. The molecule has 0 radical (unpaired) electrons. The average molecular weight is 277 g/mol. The number of rotatable bonds is 5. The Morgan fingerprint density at radius 1 is 1.35 bits per heavy atom. The van der Waals surface area contributed by atoms with Crippen LogP contribution in [0.15, 0.2) is 22.7 Å². The van der Waals surface area contributed by atoms with E-state index in [-0.39, 0.29) is 5.76 Å². The van der Waals surface area contributed by atoms with Gasteiger partial charge in [-0.1, -0.05) is 12.1 Å². The Morgan fingerprint density at radius 3 is 2.60 bits per heavy atom. The Morgan fingerprint density at radius 2 is 2.10 bits per heavy atom. The van der Waals surface area contributed by atoms with Crippen LogP contribution in [0.4, 0.5) is 0 Å². The molecule has 1 heterocycles. The lowest BCUT2D eigenvalue weighted by Crippen LogP contribution is -1.98. The highest BCUT2D eigenvalue weighted by Gasteiger charge is 2.19. The highest BCUT2D eigenvalue weighted by molar-refractivity contribution is 5.86. The molecule has 2 aromatic rings. The van der Waals surface area contributed by atoms with Crippen LogP contribution in [-0.4, -0.2) is 30.5 Å². The van der Waals surface area contributed by atoms with E-state index in [0.29, 0.717) is 23.4 Å². The number of carboxylic acid groups (broad SMARTS) is 1. The Bertz CT molecular complexity index is 632. The van der Waals surface area contributed by atoms with Crippen molar-refractivity contribution in [2.24, 2.45) is 0 Å². The zero-order chi connectivity index (χ0) is 14.7. The predicted octanol–water partition coefficient (Wildman–Crippen LogP) is 2.62. The first-order chi connectivity index (χ1) is 9.62. The van der Waals surface area contributed by atoms with Gasteiger partial charge < -0.3 is 19.1 Å². The quantitative estimate of drug-likeness (QED) is 0.904. The van der Waals surface area contributed by atoms with Gasteiger partial charge in [-0.2, -0.15) is 0 Å².